The molecule has 0 aromatic rings. The first-order valence-corrected chi connectivity index (χ1v) is 6.39. The Balaban J connectivity index is 3.75. The molecule has 0 saturated carbocycles. The Hall–Kier alpha value is -0.170. The molecule has 0 aliphatic heterocycles. The first-order valence-electron chi connectivity index (χ1n) is 4.73. The summed E-state index contributed by atoms with van der Waals surface area (Å²) in [4.78, 5) is 0. The van der Waals surface area contributed by atoms with Crippen LogP contribution in [0.15, 0.2) is 0 Å². The van der Waals surface area contributed by atoms with Crippen molar-refractivity contribution in [3.8, 4) is 0 Å². The Labute approximate surface area is 86.1 Å². The van der Waals surface area contributed by atoms with Crippen LogP contribution in [0.3, 0.4) is 0 Å². The highest BCUT2D eigenvalue weighted by molar-refractivity contribution is 7.89. The molecule has 14 heavy (non-hydrogen) atoms. The molecule has 0 aliphatic carbocycles. The third kappa shape index (κ3) is 7.25. The summed E-state index contributed by atoms with van der Waals surface area (Å²) >= 11 is 0. The number of hydrogen-bond acceptors (Lipinski definition) is 4. The molecule has 0 saturated heterocycles. The molecule has 0 heterocycles. The Morgan fingerprint density at radius 1 is 1.50 bits per heavy atom. The quantitative estimate of drug-likeness (QED) is 0.592. The van der Waals surface area contributed by atoms with Gasteiger partial charge in [0.2, 0.25) is 10.0 Å². The molecular weight excluding hydrogens is 204 g/mol. The van der Waals surface area contributed by atoms with Gasteiger partial charge in [0, 0.05) is 19.7 Å². The summed E-state index contributed by atoms with van der Waals surface area (Å²) in [6.45, 7) is 2.53. The minimum absolute atomic E-state index is 0.0116. The molecule has 1 unspecified atom stereocenters. The lowest BCUT2D eigenvalue weighted by Gasteiger charge is -2.11. The van der Waals surface area contributed by atoms with E-state index in [2.05, 4.69) is 9.46 Å². The van der Waals surface area contributed by atoms with Crippen LogP contribution in [-0.4, -0.2) is 40.5 Å². The van der Waals surface area contributed by atoms with Crippen molar-refractivity contribution < 1.29 is 13.2 Å². The number of ether oxygens (including phenoxy) is 1. The van der Waals surface area contributed by atoms with Crippen LogP contribution in [0.5, 0.6) is 0 Å². The maximum absolute atomic E-state index is 11.3. The third-order valence-corrected chi connectivity index (χ3v) is 3.09. The predicted molar refractivity (Wildman–Crippen MR) is 56.5 cm³/mol. The van der Waals surface area contributed by atoms with Crippen LogP contribution in [0.4, 0.5) is 0 Å². The molecule has 5 nitrogen and oxygen atoms in total. The Kier molecular flexibility index (Phi) is 7.08. The van der Waals surface area contributed by atoms with E-state index in [0.717, 1.165) is 12.8 Å². The molecular formula is C8H20N2O3S. The molecule has 0 fully saturated rings. The van der Waals surface area contributed by atoms with Crippen molar-refractivity contribution in [2.24, 2.45) is 5.73 Å². The third-order valence-electron chi connectivity index (χ3n) is 1.78. The topological polar surface area (TPSA) is 81.4 Å². The van der Waals surface area contributed by atoms with E-state index in [1.165, 1.54) is 7.11 Å². The summed E-state index contributed by atoms with van der Waals surface area (Å²) in [7, 11) is -1.74. The molecule has 86 valence electrons. The van der Waals surface area contributed by atoms with Crippen molar-refractivity contribution in [2.45, 2.75) is 25.8 Å². The van der Waals surface area contributed by atoms with E-state index in [0.29, 0.717) is 6.54 Å². The summed E-state index contributed by atoms with van der Waals surface area (Å²) in [5.41, 5.74) is 5.66. The minimum atomic E-state index is -3.21. The average molecular weight is 224 g/mol. The summed E-state index contributed by atoms with van der Waals surface area (Å²) < 4.78 is 29.6. The first kappa shape index (κ1) is 13.8. The van der Waals surface area contributed by atoms with Crippen molar-refractivity contribution in [3.63, 3.8) is 0 Å². The lowest BCUT2D eigenvalue weighted by molar-refractivity contribution is 0.217. The fourth-order valence-electron chi connectivity index (χ4n) is 0.972. The van der Waals surface area contributed by atoms with Gasteiger partial charge in [0.05, 0.1) is 12.4 Å². The lowest BCUT2D eigenvalue weighted by Crippen LogP contribution is -2.38. The van der Waals surface area contributed by atoms with Gasteiger partial charge in [-0.05, 0) is 6.42 Å². The summed E-state index contributed by atoms with van der Waals surface area (Å²) in [5, 5.41) is 0. The molecule has 0 radical (unpaired) electrons. The maximum Gasteiger partial charge on any atom is 0.213 e. The van der Waals surface area contributed by atoms with Crippen LogP contribution < -0.4 is 10.5 Å². The first-order chi connectivity index (χ1) is 6.52. The number of sulfonamides is 1. The van der Waals surface area contributed by atoms with Gasteiger partial charge >= 0.3 is 0 Å². The zero-order valence-electron chi connectivity index (χ0n) is 8.82. The van der Waals surface area contributed by atoms with Gasteiger partial charge in [-0.3, -0.25) is 0 Å². The van der Waals surface area contributed by atoms with Crippen molar-refractivity contribution in [1.82, 2.24) is 4.72 Å². The van der Waals surface area contributed by atoms with Gasteiger partial charge in [-0.15, -0.1) is 0 Å². The molecule has 6 heteroatoms. The summed E-state index contributed by atoms with van der Waals surface area (Å²) in [6, 6.07) is -0.0997. The van der Waals surface area contributed by atoms with Gasteiger partial charge in [-0.1, -0.05) is 13.3 Å². The second-order valence-electron chi connectivity index (χ2n) is 3.21. The largest absolute Gasteiger partial charge is 0.384 e. The van der Waals surface area contributed by atoms with Crippen LogP contribution in [0.1, 0.15) is 19.8 Å². The van der Waals surface area contributed by atoms with Gasteiger partial charge < -0.3 is 10.5 Å². The number of nitrogens with one attached hydrogen (secondary N) is 1. The molecule has 0 aromatic carbocycles. The second kappa shape index (κ2) is 7.17. The van der Waals surface area contributed by atoms with Crippen molar-refractivity contribution in [1.29, 1.82) is 0 Å². The average Bonchev–Trinajstić information content (AvgIpc) is 2.13. The summed E-state index contributed by atoms with van der Waals surface area (Å²) in [5.74, 6) is -0.0116. The number of rotatable bonds is 8. The van der Waals surface area contributed by atoms with Crippen LogP contribution in [0.25, 0.3) is 0 Å². The molecule has 0 rings (SSSR count). The number of methoxy groups -OCH3 is 1. The monoisotopic (exact) mass is 224 g/mol. The smallest absolute Gasteiger partial charge is 0.213 e. The SMILES string of the molecule is CCCC(N)CNS(=O)(=O)CCOC. The van der Waals surface area contributed by atoms with Gasteiger partial charge in [0.1, 0.15) is 0 Å². The van der Waals surface area contributed by atoms with E-state index in [9.17, 15) is 8.42 Å². The Bertz CT molecular complexity index is 229. The number of nitrogens with two attached hydrogens (primary N) is 1. The van der Waals surface area contributed by atoms with Gasteiger partial charge in [0.25, 0.3) is 0 Å². The zero-order valence-corrected chi connectivity index (χ0v) is 9.64. The molecule has 0 amide bonds. The van der Waals surface area contributed by atoms with Gasteiger partial charge in [0.15, 0.2) is 0 Å². The fourth-order valence-corrected chi connectivity index (χ4v) is 1.97. The lowest BCUT2D eigenvalue weighted by atomic mass is 10.2. The minimum Gasteiger partial charge on any atom is -0.384 e. The van der Waals surface area contributed by atoms with Crippen LogP contribution >= 0.6 is 0 Å². The molecule has 0 bridgehead atoms. The van der Waals surface area contributed by atoms with E-state index < -0.39 is 10.0 Å². The Morgan fingerprint density at radius 3 is 2.64 bits per heavy atom. The maximum atomic E-state index is 11.3. The Morgan fingerprint density at radius 2 is 2.14 bits per heavy atom. The fraction of sp³-hybridized carbons (Fsp3) is 1.00. The molecule has 0 spiro atoms. The predicted octanol–water partition coefficient (Wildman–Crippen LogP) is -0.320. The molecule has 0 aromatic heterocycles. The second-order valence-corrected chi connectivity index (χ2v) is 5.14. The van der Waals surface area contributed by atoms with E-state index >= 15 is 0 Å². The standard InChI is InChI=1S/C8H20N2O3S/c1-3-4-8(9)7-10-14(11,12)6-5-13-2/h8,10H,3-7,9H2,1-2H3. The van der Waals surface area contributed by atoms with Crippen molar-refractivity contribution in [3.05, 3.63) is 0 Å². The van der Waals surface area contributed by atoms with Gasteiger partial charge in [-0.25, -0.2) is 13.1 Å². The normalized spacial score (nSPS) is 14.2. The highest BCUT2D eigenvalue weighted by Crippen LogP contribution is 1.93. The van der Waals surface area contributed by atoms with Crippen LogP contribution in [-0.2, 0) is 14.8 Å². The van der Waals surface area contributed by atoms with E-state index in [-0.39, 0.29) is 18.4 Å². The van der Waals surface area contributed by atoms with Gasteiger partial charge in [-0.2, -0.15) is 0 Å². The van der Waals surface area contributed by atoms with Crippen molar-refractivity contribution in [2.75, 3.05) is 26.0 Å². The van der Waals surface area contributed by atoms with Crippen LogP contribution in [0.2, 0.25) is 0 Å². The van der Waals surface area contributed by atoms with Crippen LogP contribution in [0, 0.1) is 0 Å². The van der Waals surface area contributed by atoms with Crippen molar-refractivity contribution >= 4 is 10.0 Å². The number of hydrogen-bond donors (Lipinski definition) is 2. The zero-order chi connectivity index (χ0) is 11.0. The highest BCUT2D eigenvalue weighted by Gasteiger charge is 2.11. The van der Waals surface area contributed by atoms with E-state index in [1.54, 1.807) is 0 Å². The highest BCUT2D eigenvalue weighted by atomic mass is 32.2. The summed E-state index contributed by atoms with van der Waals surface area (Å²) in [6.07, 6.45) is 1.79. The molecule has 1 atom stereocenters. The van der Waals surface area contributed by atoms with E-state index in [4.69, 9.17) is 5.73 Å². The molecule has 0 aliphatic rings. The molecule has 3 N–H and O–H groups in total. The van der Waals surface area contributed by atoms with E-state index in [1.807, 2.05) is 6.92 Å².